The van der Waals surface area contributed by atoms with E-state index in [0.29, 0.717) is 22.3 Å². The SMILES string of the molecule is C#Cc1ccc2c(c1)C(=O)c1cc(C(C)=O)ccc1-2. The Hall–Kier alpha value is -2.66. The summed E-state index contributed by atoms with van der Waals surface area (Å²) in [5.74, 6) is 2.42. The molecule has 0 aliphatic heterocycles. The molecular formula is C17H10O2. The molecule has 0 heterocycles. The van der Waals surface area contributed by atoms with Gasteiger partial charge in [-0.3, -0.25) is 9.59 Å². The van der Waals surface area contributed by atoms with Gasteiger partial charge < -0.3 is 0 Å². The van der Waals surface area contributed by atoms with Crippen LogP contribution in [0.4, 0.5) is 0 Å². The molecule has 1 aliphatic rings. The Kier molecular flexibility index (Phi) is 2.36. The lowest BCUT2D eigenvalue weighted by atomic mass is 10.0. The van der Waals surface area contributed by atoms with Crippen LogP contribution in [-0.4, -0.2) is 11.6 Å². The van der Waals surface area contributed by atoms with Crippen molar-refractivity contribution in [3.05, 3.63) is 58.7 Å². The van der Waals surface area contributed by atoms with E-state index in [1.54, 1.807) is 18.2 Å². The second-order valence-electron chi connectivity index (χ2n) is 4.55. The molecule has 0 atom stereocenters. The third kappa shape index (κ3) is 1.60. The zero-order chi connectivity index (χ0) is 13.6. The zero-order valence-corrected chi connectivity index (χ0v) is 10.4. The van der Waals surface area contributed by atoms with Crippen LogP contribution in [0.2, 0.25) is 0 Å². The lowest BCUT2D eigenvalue weighted by Crippen LogP contribution is -1.98. The molecule has 2 nitrogen and oxygen atoms in total. The van der Waals surface area contributed by atoms with E-state index in [9.17, 15) is 9.59 Å². The fourth-order valence-electron chi connectivity index (χ4n) is 2.39. The van der Waals surface area contributed by atoms with Crippen molar-refractivity contribution >= 4 is 11.6 Å². The Labute approximate surface area is 111 Å². The second kappa shape index (κ2) is 3.93. The molecule has 0 amide bonds. The molecule has 1 aliphatic carbocycles. The Morgan fingerprint density at radius 2 is 1.63 bits per heavy atom. The van der Waals surface area contributed by atoms with Gasteiger partial charge in [0.1, 0.15) is 0 Å². The summed E-state index contributed by atoms with van der Waals surface area (Å²) in [6.07, 6.45) is 5.35. The summed E-state index contributed by atoms with van der Waals surface area (Å²) in [6.45, 7) is 1.49. The number of terminal acetylenes is 1. The van der Waals surface area contributed by atoms with Gasteiger partial charge in [-0.2, -0.15) is 0 Å². The summed E-state index contributed by atoms with van der Waals surface area (Å²) in [5.41, 5.74) is 4.19. The van der Waals surface area contributed by atoms with Crippen LogP contribution in [0.25, 0.3) is 11.1 Å². The van der Waals surface area contributed by atoms with E-state index in [4.69, 9.17) is 6.42 Å². The van der Waals surface area contributed by atoms with Gasteiger partial charge in [0.15, 0.2) is 11.6 Å². The lowest BCUT2D eigenvalue weighted by molar-refractivity contribution is 0.101. The molecule has 0 aromatic heterocycles. The van der Waals surface area contributed by atoms with Gasteiger partial charge in [0, 0.05) is 22.3 Å². The van der Waals surface area contributed by atoms with Crippen LogP contribution in [0, 0.1) is 12.3 Å². The highest BCUT2D eigenvalue weighted by Crippen LogP contribution is 2.37. The van der Waals surface area contributed by atoms with Crippen molar-refractivity contribution in [2.45, 2.75) is 6.92 Å². The minimum Gasteiger partial charge on any atom is -0.295 e. The molecule has 2 aromatic rings. The predicted octanol–water partition coefficient (Wildman–Crippen LogP) is 3.08. The van der Waals surface area contributed by atoms with Gasteiger partial charge in [-0.1, -0.05) is 24.1 Å². The Morgan fingerprint density at radius 3 is 2.26 bits per heavy atom. The van der Waals surface area contributed by atoms with Crippen LogP contribution in [0.1, 0.15) is 38.8 Å². The molecule has 90 valence electrons. The maximum absolute atomic E-state index is 12.4. The average molecular weight is 246 g/mol. The fourth-order valence-corrected chi connectivity index (χ4v) is 2.39. The molecule has 0 unspecified atom stereocenters. The monoisotopic (exact) mass is 246 g/mol. The van der Waals surface area contributed by atoms with E-state index in [0.717, 1.165) is 11.1 Å². The van der Waals surface area contributed by atoms with Gasteiger partial charge in [0.05, 0.1) is 0 Å². The molecule has 0 spiro atoms. The van der Waals surface area contributed by atoms with Crippen molar-refractivity contribution < 1.29 is 9.59 Å². The molecule has 3 rings (SSSR count). The summed E-state index contributed by atoms with van der Waals surface area (Å²) < 4.78 is 0. The molecule has 0 fully saturated rings. The quantitative estimate of drug-likeness (QED) is 0.488. The molecule has 0 saturated carbocycles. The largest absolute Gasteiger partial charge is 0.295 e. The first-order valence-electron chi connectivity index (χ1n) is 5.92. The van der Waals surface area contributed by atoms with E-state index >= 15 is 0 Å². The third-order valence-electron chi connectivity index (χ3n) is 3.39. The van der Waals surface area contributed by atoms with Gasteiger partial charge in [-0.25, -0.2) is 0 Å². The number of hydrogen-bond donors (Lipinski definition) is 0. The number of carbonyl (C=O) groups is 2. The standard InChI is InChI=1S/C17H10O2/c1-3-11-4-6-13-14-7-5-12(10(2)18)9-16(14)17(19)15(13)8-11/h1,4-9H,2H3. The summed E-state index contributed by atoms with van der Waals surface area (Å²) >= 11 is 0. The van der Waals surface area contributed by atoms with Crippen molar-refractivity contribution in [1.29, 1.82) is 0 Å². The Morgan fingerprint density at radius 1 is 1.00 bits per heavy atom. The molecule has 19 heavy (non-hydrogen) atoms. The molecule has 0 bridgehead atoms. The fraction of sp³-hybridized carbons (Fsp3) is 0.0588. The number of fused-ring (bicyclic) bond motifs is 3. The normalized spacial score (nSPS) is 11.7. The van der Waals surface area contributed by atoms with Crippen LogP contribution in [-0.2, 0) is 0 Å². The summed E-state index contributed by atoms with van der Waals surface area (Å²) in [4.78, 5) is 23.7. The van der Waals surface area contributed by atoms with Crippen molar-refractivity contribution in [2.75, 3.05) is 0 Å². The highest BCUT2D eigenvalue weighted by molar-refractivity contribution is 6.22. The summed E-state index contributed by atoms with van der Waals surface area (Å²) in [7, 11) is 0. The average Bonchev–Trinajstić information content (AvgIpc) is 2.71. The van der Waals surface area contributed by atoms with E-state index in [1.807, 2.05) is 18.2 Å². The second-order valence-corrected chi connectivity index (χ2v) is 4.55. The van der Waals surface area contributed by atoms with Gasteiger partial charge in [0.25, 0.3) is 0 Å². The van der Waals surface area contributed by atoms with Gasteiger partial charge in [0.2, 0.25) is 0 Å². The van der Waals surface area contributed by atoms with E-state index in [2.05, 4.69) is 5.92 Å². The number of hydrogen-bond acceptors (Lipinski definition) is 2. The molecule has 0 radical (unpaired) electrons. The number of benzene rings is 2. The first-order chi connectivity index (χ1) is 9.11. The maximum atomic E-state index is 12.4. The van der Waals surface area contributed by atoms with Gasteiger partial charge in [-0.15, -0.1) is 6.42 Å². The Balaban J connectivity index is 2.24. The van der Waals surface area contributed by atoms with Crippen molar-refractivity contribution in [2.24, 2.45) is 0 Å². The van der Waals surface area contributed by atoms with Crippen molar-refractivity contribution in [3.63, 3.8) is 0 Å². The third-order valence-corrected chi connectivity index (χ3v) is 3.39. The van der Waals surface area contributed by atoms with E-state index < -0.39 is 0 Å². The number of carbonyl (C=O) groups excluding carboxylic acids is 2. The van der Waals surface area contributed by atoms with E-state index in [1.165, 1.54) is 6.92 Å². The van der Waals surface area contributed by atoms with Crippen molar-refractivity contribution in [1.82, 2.24) is 0 Å². The number of Topliss-reactive ketones (excluding diaryl/α,β-unsaturated/α-hetero) is 1. The highest BCUT2D eigenvalue weighted by atomic mass is 16.1. The lowest BCUT2D eigenvalue weighted by Gasteiger charge is -2.01. The molecule has 2 heteroatoms. The first kappa shape index (κ1) is 11.4. The minimum absolute atomic E-state index is 0.0455. The van der Waals surface area contributed by atoms with Crippen LogP contribution >= 0.6 is 0 Å². The van der Waals surface area contributed by atoms with Gasteiger partial charge >= 0.3 is 0 Å². The number of rotatable bonds is 1. The molecular weight excluding hydrogens is 236 g/mol. The minimum atomic E-state index is -0.0646. The first-order valence-corrected chi connectivity index (χ1v) is 5.92. The predicted molar refractivity (Wildman–Crippen MR) is 73.3 cm³/mol. The molecule has 2 aromatic carbocycles. The molecule has 0 N–H and O–H groups in total. The highest BCUT2D eigenvalue weighted by Gasteiger charge is 2.27. The van der Waals surface area contributed by atoms with Crippen molar-refractivity contribution in [3.8, 4) is 23.5 Å². The topological polar surface area (TPSA) is 34.1 Å². The summed E-state index contributed by atoms with van der Waals surface area (Å²) in [6, 6.07) is 10.6. The number of ketones is 2. The van der Waals surface area contributed by atoms with Crippen LogP contribution < -0.4 is 0 Å². The smallest absolute Gasteiger partial charge is 0.194 e. The van der Waals surface area contributed by atoms with Crippen LogP contribution in [0.5, 0.6) is 0 Å². The maximum Gasteiger partial charge on any atom is 0.194 e. The van der Waals surface area contributed by atoms with E-state index in [-0.39, 0.29) is 11.6 Å². The van der Waals surface area contributed by atoms with Crippen LogP contribution in [0.15, 0.2) is 36.4 Å². The summed E-state index contributed by atoms with van der Waals surface area (Å²) in [5, 5.41) is 0. The zero-order valence-electron chi connectivity index (χ0n) is 10.4. The Bertz CT molecular complexity index is 776. The van der Waals surface area contributed by atoms with Crippen LogP contribution in [0.3, 0.4) is 0 Å². The molecule has 0 saturated heterocycles. The van der Waals surface area contributed by atoms with Gasteiger partial charge in [-0.05, 0) is 36.2 Å².